The topological polar surface area (TPSA) is 99.3 Å². The van der Waals surface area contributed by atoms with Crippen LogP contribution in [0.1, 0.15) is 30.0 Å². The fraction of sp³-hybridized carbons (Fsp3) is 0.353. The summed E-state index contributed by atoms with van der Waals surface area (Å²) in [5.74, 6) is -0.165. The standard InChI is InChI=1S/C34H42N4O5/c1-28(23-30-15-8-4-9-16-30)43-38(27-41)33(37(26-40)21-22-39)25-36(2)32(24-31-17-10-5-11-18-31)34(42)35-20-12-19-29-13-6-3-7-14-29/h3-11,13-18,22,26-28,32-33H,12,19-21,23-25H2,1-2H3,(H,35,42). The van der Waals surface area contributed by atoms with E-state index in [4.69, 9.17) is 4.84 Å². The van der Waals surface area contributed by atoms with Crippen LogP contribution in [-0.2, 0) is 43.3 Å². The second-order valence-electron chi connectivity index (χ2n) is 10.5. The first kappa shape index (κ1) is 33.2. The number of hydrogen-bond acceptors (Lipinski definition) is 6. The van der Waals surface area contributed by atoms with Gasteiger partial charge in [-0.2, -0.15) is 5.06 Å². The molecular weight excluding hydrogens is 544 g/mol. The van der Waals surface area contributed by atoms with Crippen LogP contribution >= 0.6 is 0 Å². The number of hydroxylamine groups is 2. The minimum atomic E-state index is -0.951. The summed E-state index contributed by atoms with van der Waals surface area (Å²) in [6, 6.07) is 28.9. The maximum Gasteiger partial charge on any atom is 0.237 e. The molecule has 3 aromatic rings. The Hall–Kier alpha value is -4.34. The number of aryl methyl sites for hydroxylation is 1. The number of amides is 3. The van der Waals surface area contributed by atoms with E-state index in [9.17, 15) is 19.2 Å². The zero-order valence-electron chi connectivity index (χ0n) is 25.0. The van der Waals surface area contributed by atoms with Crippen LogP contribution in [0.25, 0.3) is 0 Å². The van der Waals surface area contributed by atoms with Gasteiger partial charge in [0.05, 0.1) is 18.7 Å². The number of carbonyl (C=O) groups is 4. The molecule has 3 atom stereocenters. The summed E-state index contributed by atoms with van der Waals surface area (Å²) in [7, 11) is 1.77. The lowest BCUT2D eigenvalue weighted by molar-refractivity contribution is -0.227. The maximum atomic E-state index is 13.6. The number of rotatable bonds is 20. The third-order valence-corrected chi connectivity index (χ3v) is 7.21. The van der Waals surface area contributed by atoms with Crippen molar-refractivity contribution in [2.24, 2.45) is 0 Å². The lowest BCUT2D eigenvalue weighted by Gasteiger charge is -2.39. The minimum Gasteiger partial charge on any atom is -0.355 e. The van der Waals surface area contributed by atoms with Gasteiger partial charge in [-0.1, -0.05) is 91.0 Å². The van der Waals surface area contributed by atoms with Crippen molar-refractivity contribution in [2.45, 2.75) is 50.9 Å². The molecule has 0 aliphatic heterocycles. The molecule has 3 unspecified atom stereocenters. The Balaban J connectivity index is 1.75. The summed E-state index contributed by atoms with van der Waals surface area (Å²) in [6.07, 6.45) is 2.84. The van der Waals surface area contributed by atoms with Crippen molar-refractivity contribution in [1.29, 1.82) is 0 Å². The van der Waals surface area contributed by atoms with E-state index in [2.05, 4.69) is 17.4 Å². The van der Waals surface area contributed by atoms with Crippen LogP contribution in [-0.4, -0.2) is 84.9 Å². The molecule has 3 amide bonds. The van der Waals surface area contributed by atoms with Crippen LogP contribution < -0.4 is 5.32 Å². The van der Waals surface area contributed by atoms with Gasteiger partial charge in [-0.15, -0.1) is 0 Å². The molecule has 0 aromatic heterocycles. The van der Waals surface area contributed by atoms with Gasteiger partial charge >= 0.3 is 0 Å². The molecule has 0 saturated heterocycles. The first-order valence-electron chi connectivity index (χ1n) is 14.6. The van der Waals surface area contributed by atoms with Crippen LogP contribution in [0, 0.1) is 0 Å². The monoisotopic (exact) mass is 586 g/mol. The van der Waals surface area contributed by atoms with Crippen LogP contribution in [0.4, 0.5) is 0 Å². The van der Waals surface area contributed by atoms with Gasteiger partial charge in [0.1, 0.15) is 12.5 Å². The normalized spacial score (nSPS) is 13.0. The number of nitrogens with one attached hydrogen (secondary N) is 1. The van der Waals surface area contributed by atoms with Crippen molar-refractivity contribution >= 4 is 25.0 Å². The molecule has 0 spiro atoms. The molecule has 0 radical (unpaired) electrons. The third-order valence-electron chi connectivity index (χ3n) is 7.21. The SMILES string of the molecule is CC(Cc1ccccc1)ON(C=O)C(CN(C)C(Cc1ccccc1)C(=O)NCCCc1ccccc1)N(C=O)CC=O. The van der Waals surface area contributed by atoms with Crippen LogP contribution in [0.3, 0.4) is 0 Å². The van der Waals surface area contributed by atoms with Gasteiger partial charge in [-0.25, -0.2) is 0 Å². The fourth-order valence-corrected chi connectivity index (χ4v) is 4.95. The van der Waals surface area contributed by atoms with E-state index in [1.165, 1.54) is 10.5 Å². The quantitative estimate of drug-likeness (QED) is 0.0945. The van der Waals surface area contributed by atoms with Gasteiger partial charge < -0.3 is 15.0 Å². The Morgan fingerprint density at radius 2 is 1.37 bits per heavy atom. The molecule has 3 rings (SSSR count). The van der Waals surface area contributed by atoms with Crippen LogP contribution in [0.2, 0.25) is 0 Å². The van der Waals surface area contributed by atoms with E-state index in [1.54, 1.807) is 11.9 Å². The number of carbonyl (C=O) groups excluding carboxylic acids is 4. The Bertz CT molecular complexity index is 1250. The molecule has 43 heavy (non-hydrogen) atoms. The summed E-state index contributed by atoms with van der Waals surface area (Å²) in [5, 5.41) is 4.13. The van der Waals surface area contributed by atoms with Crippen molar-refractivity contribution in [3.8, 4) is 0 Å². The molecule has 9 nitrogen and oxygen atoms in total. The molecule has 0 saturated carbocycles. The highest BCUT2D eigenvalue weighted by Gasteiger charge is 2.32. The second-order valence-corrected chi connectivity index (χ2v) is 10.5. The molecule has 3 aromatic carbocycles. The number of likely N-dealkylation sites (N-methyl/N-ethyl adjacent to an activating group) is 1. The largest absolute Gasteiger partial charge is 0.355 e. The smallest absolute Gasteiger partial charge is 0.237 e. The van der Waals surface area contributed by atoms with Gasteiger partial charge in [0.25, 0.3) is 0 Å². The van der Waals surface area contributed by atoms with Crippen molar-refractivity contribution in [1.82, 2.24) is 20.2 Å². The summed E-state index contributed by atoms with van der Waals surface area (Å²) < 4.78 is 0. The average molecular weight is 587 g/mol. The maximum absolute atomic E-state index is 13.6. The summed E-state index contributed by atoms with van der Waals surface area (Å²) in [5.41, 5.74) is 3.20. The lowest BCUT2D eigenvalue weighted by atomic mass is 10.0. The van der Waals surface area contributed by atoms with E-state index in [0.29, 0.717) is 38.5 Å². The van der Waals surface area contributed by atoms with E-state index in [-0.39, 0.29) is 19.0 Å². The summed E-state index contributed by atoms with van der Waals surface area (Å²) in [6.45, 7) is 2.16. The van der Waals surface area contributed by atoms with Gasteiger partial charge in [0.2, 0.25) is 18.7 Å². The van der Waals surface area contributed by atoms with E-state index in [1.807, 2.05) is 85.8 Å². The lowest BCUT2D eigenvalue weighted by Crippen LogP contribution is -2.57. The predicted octanol–water partition coefficient (Wildman–Crippen LogP) is 3.28. The minimum absolute atomic E-state index is 0.0678. The Morgan fingerprint density at radius 1 is 0.814 bits per heavy atom. The number of benzene rings is 3. The first-order chi connectivity index (χ1) is 20.9. The van der Waals surface area contributed by atoms with E-state index in [0.717, 1.165) is 29.0 Å². The van der Waals surface area contributed by atoms with Crippen molar-refractivity contribution in [2.75, 3.05) is 26.7 Å². The van der Waals surface area contributed by atoms with Crippen molar-refractivity contribution in [3.05, 3.63) is 108 Å². The molecule has 0 heterocycles. The van der Waals surface area contributed by atoms with Gasteiger partial charge in [0.15, 0.2) is 0 Å². The predicted molar refractivity (Wildman–Crippen MR) is 166 cm³/mol. The summed E-state index contributed by atoms with van der Waals surface area (Å²) in [4.78, 5) is 58.4. The van der Waals surface area contributed by atoms with Crippen LogP contribution in [0.15, 0.2) is 91.0 Å². The molecule has 0 bridgehead atoms. The Labute approximate surface area is 254 Å². The number of hydrogen-bond donors (Lipinski definition) is 1. The highest BCUT2D eigenvalue weighted by atomic mass is 16.7. The Morgan fingerprint density at radius 3 is 1.91 bits per heavy atom. The van der Waals surface area contributed by atoms with Crippen molar-refractivity contribution < 1.29 is 24.0 Å². The van der Waals surface area contributed by atoms with Gasteiger partial charge in [0, 0.05) is 19.5 Å². The number of aldehydes is 1. The molecule has 0 aliphatic rings. The van der Waals surface area contributed by atoms with Gasteiger partial charge in [-0.3, -0.25) is 24.1 Å². The third kappa shape index (κ3) is 11.1. The summed E-state index contributed by atoms with van der Waals surface area (Å²) >= 11 is 0. The molecule has 0 fully saturated rings. The van der Waals surface area contributed by atoms with Crippen molar-refractivity contribution in [3.63, 3.8) is 0 Å². The van der Waals surface area contributed by atoms with Crippen LogP contribution in [0.5, 0.6) is 0 Å². The van der Waals surface area contributed by atoms with Gasteiger partial charge in [-0.05, 0) is 49.9 Å². The molecule has 1 N–H and O–H groups in total. The number of nitrogens with zero attached hydrogens (tertiary/aromatic N) is 3. The highest BCUT2D eigenvalue weighted by Crippen LogP contribution is 2.15. The highest BCUT2D eigenvalue weighted by molar-refractivity contribution is 5.82. The fourth-order valence-electron chi connectivity index (χ4n) is 4.95. The molecule has 9 heteroatoms. The van der Waals surface area contributed by atoms with E-state index >= 15 is 0 Å². The average Bonchev–Trinajstić information content (AvgIpc) is 3.03. The second kappa shape index (κ2) is 18.3. The molecule has 0 aliphatic carbocycles. The molecular formula is C34H42N4O5. The zero-order valence-corrected chi connectivity index (χ0v) is 25.0. The first-order valence-corrected chi connectivity index (χ1v) is 14.6. The zero-order chi connectivity index (χ0) is 30.9. The van der Waals surface area contributed by atoms with E-state index < -0.39 is 18.3 Å². The Kier molecular flexibility index (Phi) is 14.1. The molecule has 228 valence electrons.